The van der Waals surface area contributed by atoms with Crippen LogP contribution in [0.2, 0.25) is 0 Å². The summed E-state index contributed by atoms with van der Waals surface area (Å²) in [4.78, 5) is 36.9. The lowest BCUT2D eigenvalue weighted by Crippen LogP contribution is -2.44. The first kappa shape index (κ1) is 17.3. The molecular formula is C18H22N2O5. The number of hydrogen-bond donors (Lipinski definition) is 2. The number of carboxylic acid groups (broad SMARTS) is 1. The van der Waals surface area contributed by atoms with Gasteiger partial charge in [0.2, 0.25) is 11.8 Å². The van der Waals surface area contributed by atoms with Crippen molar-refractivity contribution in [2.75, 3.05) is 25.0 Å². The number of nitrogens with zero attached hydrogens (tertiary/aromatic N) is 1. The topological polar surface area (TPSA) is 95.9 Å². The van der Waals surface area contributed by atoms with E-state index in [1.165, 1.54) is 0 Å². The lowest BCUT2D eigenvalue weighted by molar-refractivity contribution is -0.139. The minimum Gasteiger partial charge on any atom is -0.482 e. The van der Waals surface area contributed by atoms with Gasteiger partial charge in [-0.05, 0) is 49.9 Å². The van der Waals surface area contributed by atoms with Crippen LogP contribution in [0.25, 0.3) is 0 Å². The molecule has 7 heteroatoms. The predicted octanol–water partition coefficient (Wildman–Crippen LogP) is 1.74. The summed E-state index contributed by atoms with van der Waals surface area (Å²) in [6.45, 7) is 0.828. The maximum absolute atomic E-state index is 12.5. The largest absolute Gasteiger partial charge is 0.482 e. The molecule has 1 aliphatic carbocycles. The number of piperidine rings is 1. The summed E-state index contributed by atoms with van der Waals surface area (Å²) in [5.41, 5.74) is 0.623. The van der Waals surface area contributed by atoms with Crippen LogP contribution < -0.4 is 10.1 Å². The summed E-state index contributed by atoms with van der Waals surface area (Å²) in [5, 5.41) is 11.4. The Morgan fingerprint density at radius 2 is 1.84 bits per heavy atom. The molecule has 0 bridgehead atoms. The lowest BCUT2D eigenvalue weighted by atomic mass is 9.96. The molecule has 2 fully saturated rings. The molecule has 0 spiro atoms. The molecule has 25 heavy (non-hydrogen) atoms. The number of hydrogen-bond acceptors (Lipinski definition) is 4. The summed E-state index contributed by atoms with van der Waals surface area (Å²) in [5.74, 6) is -0.524. The van der Waals surface area contributed by atoms with Crippen LogP contribution in [0.5, 0.6) is 5.75 Å². The molecule has 1 unspecified atom stereocenters. The molecule has 1 aromatic carbocycles. The number of benzene rings is 1. The van der Waals surface area contributed by atoms with Gasteiger partial charge in [0.1, 0.15) is 5.75 Å². The molecule has 3 rings (SSSR count). The summed E-state index contributed by atoms with van der Waals surface area (Å²) >= 11 is 0. The zero-order chi connectivity index (χ0) is 17.8. The first-order valence-corrected chi connectivity index (χ1v) is 8.57. The highest BCUT2D eigenvalue weighted by Gasteiger charge is 2.36. The van der Waals surface area contributed by atoms with Crippen LogP contribution in [0.1, 0.15) is 25.7 Å². The van der Waals surface area contributed by atoms with Crippen molar-refractivity contribution in [2.24, 2.45) is 11.8 Å². The summed E-state index contributed by atoms with van der Waals surface area (Å²) < 4.78 is 5.06. The second kappa shape index (κ2) is 7.55. The van der Waals surface area contributed by atoms with Crippen LogP contribution in [0.15, 0.2) is 24.3 Å². The van der Waals surface area contributed by atoms with Crippen molar-refractivity contribution in [3.63, 3.8) is 0 Å². The van der Waals surface area contributed by atoms with Gasteiger partial charge < -0.3 is 20.1 Å². The molecule has 2 aliphatic rings. The highest BCUT2D eigenvalue weighted by atomic mass is 16.5. The fourth-order valence-corrected chi connectivity index (χ4v) is 3.00. The maximum Gasteiger partial charge on any atom is 0.341 e. The van der Waals surface area contributed by atoms with E-state index < -0.39 is 12.6 Å². The van der Waals surface area contributed by atoms with Gasteiger partial charge in [0, 0.05) is 24.7 Å². The Labute approximate surface area is 146 Å². The van der Waals surface area contributed by atoms with Gasteiger partial charge in [0.15, 0.2) is 6.61 Å². The Hall–Kier alpha value is -2.57. The van der Waals surface area contributed by atoms with Crippen LogP contribution in [-0.2, 0) is 14.4 Å². The smallest absolute Gasteiger partial charge is 0.341 e. The molecule has 0 radical (unpaired) electrons. The van der Waals surface area contributed by atoms with Gasteiger partial charge in [-0.2, -0.15) is 0 Å². The second-order valence-electron chi connectivity index (χ2n) is 6.59. The number of amides is 2. The van der Waals surface area contributed by atoms with Crippen molar-refractivity contribution in [1.82, 2.24) is 4.90 Å². The van der Waals surface area contributed by atoms with Gasteiger partial charge >= 0.3 is 5.97 Å². The third-order valence-corrected chi connectivity index (χ3v) is 4.51. The first-order valence-electron chi connectivity index (χ1n) is 8.57. The number of anilines is 1. The minimum atomic E-state index is -1.04. The monoisotopic (exact) mass is 346 g/mol. The van der Waals surface area contributed by atoms with Crippen LogP contribution in [0, 0.1) is 11.8 Å². The van der Waals surface area contributed by atoms with Crippen molar-refractivity contribution in [2.45, 2.75) is 25.7 Å². The summed E-state index contributed by atoms with van der Waals surface area (Å²) in [6, 6.07) is 6.57. The first-order chi connectivity index (χ1) is 12.0. The zero-order valence-corrected chi connectivity index (χ0v) is 13.9. The molecule has 1 atom stereocenters. The van der Waals surface area contributed by atoms with Gasteiger partial charge in [-0.25, -0.2) is 4.79 Å². The second-order valence-corrected chi connectivity index (χ2v) is 6.59. The van der Waals surface area contributed by atoms with E-state index in [4.69, 9.17) is 9.84 Å². The number of carbonyl (C=O) groups excluding carboxylic acids is 2. The van der Waals surface area contributed by atoms with E-state index in [9.17, 15) is 14.4 Å². The molecule has 0 aromatic heterocycles. The quantitative estimate of drug-likeness (QED) is 0.818. The fourth-order valence-electron chi connectivity index (χ4n) is 3.00. The molecule has 2 N–H and O–H groups in total. The van der Waals surface area contributed by atoms with Gasteiger partial charge in [-0.15, -0.1) is 0 Å². The minimum absolute atomic E-state index is 0.0903. The summed E-state index contributed by atoms with van der Waals surface area (Å²) in [6.07, 6.45) is 3.57. The molecule has 1 heterocycles. The summed E-state index contributed by atoms with van der Waals surface area (Å²) in [7, 11) is 0. The van der Waals surface area contributed by atoms with Gasteiger partial charge in [-0.3, -0.25) is 9.59 Å². The molecule has 2 amide bonds. The highest BCUT2D eigenvalue weighted by Crippen LogP contribution is 2.32. The van der Waals surface area contributed by atoms with Crippen LogP contribution >= 0.6 is 0 Å². The normalized spacial score (nSPS) is 20.0. The van der Waals surface area contributed by atoms with Gasteiger partial charge in [0.25, 0.3) is 0 Å². The Bertz CT molecular complexity index is 654. The molecule has 1 saturated carbocycles. The number of carboxylic acids is 1. The van der Waals surface area contributed by atoms with E-state index in [0.29, 0.717) is 18.0 Å². The number of carbonyl (C=O) groups is 3. The lowest BCUT2D eigenvalue weighted by Gasteiger charge is -2.32. The number of likely N-dealkylation sites (tertiary alicyclic amines) is 1. The average Bonchev–Trinajstić information content (AvgIpc) is 3.45. The van der Waals surface area contributed by atoms with Crippen molar-refractivity contribution in [3.05, 3.63) is 24.3 Å². The average molecular weight is 346 g/mol. The Morgan fingerprint density at radius 1 is 1.12 bits per heavy atom. The van der Waals surface area contributed by atoms with E-state index in [0.717, 1.165) is 32.2 Å². The highest BCUT2D eigenvalue weighted by molar-refractivity contribution is 5.93. The van der Waals surface area contributed by atoms with E-state index >= 15 is 0 Å². The number of nitrogens with one attached hydrogen (secondary N) is 1. The van der Waals surface area contributed by atoms with E-state index in [1.54, 1.807) is 24.3 Å². The SMILES string of the molecule is O=C(O)COc1ccc(NC(=O)C2CCCN(C(=O)C3CC3)C2)cc1. The number of aliphatic carboxylic acids is 1. The molecule has 1 saturated heterocycles. The standard InChI is InChI=1S/C18H22N2O5/c21-16(22)11-25-15-7-5-14(6-8-15)19-17(23)13-2-1-9-20(10-13)18(24)12-3-4-12/h5-8,12-13H,1-4,9-11H2,(H,19,23)(H,21,22). The fraction of sp³-hybridized carbons (Fsp3) is 0.500. The van der Waals surface area contributed by atoms with E-state index in [2.05, 4.69) is 5.32 Å². The number of rotatable bonds is 6. The molecule has 134 valence electrons. The third kappa shape index (κ3) is 4.71. The molecule has 1 aromatic rings. The maximum atomic E-state index is 12.5. The van der Waals surface area contributed by atoms with Crippen LogP contribution in [0.4, 0.5) is 5.69 Å². The van der Waals surface area contributed by atoms with Crippen molar-refractivity contribution < 1.29 is 24.2 Å². The zero-order valence-electron chi connectivity index (χ0n) is 13.9. The van der Waals surface area contributed by atoms with Crippen molar-refractivity contribution in [3.8, 4) is 5.75 Å². The Balaban J connectivity index is 1.52. The number of ether oxygens (including phenoxy) is 1. The predicted molar refractivity (Wildman–Crippen MR) is 90.2 cm³/mol. The van der Waals surface area contributed by atoms with Crippen LogP contribution in [0.3, 0.4) is 0 Å². The van der Waals surface area contributed by atoms with E-state index in [-0.39, 0.29) is 23.7 Å². The van der Waals surface area contributed by atoms with Crippen molar-refractivity contribution in [1.29, 1.82) is 0 Å². The molecular weight excluding hydrogens is 324 g/mol. The van der Waals surface area contributed by atoms with Gasteiger partial charge in [0.05, 0.1) is 5.92 Å². The van der Waals surface area contributed by atoms with E-state index in [1.807, 2.05) is 4.90 Å². The Morgan fingerprint density at radius 3 is 2.48 bits per heavy atom. The van der Waals surface area contributed by atoms with Gasteiger partial charge in [-0.1, -0.05) is 0 Å². The Kier molecular flexibility index (Phi) is 5.21. The van der Waals surface area contributed by atoms with Crippen molar-refractivity contribution >= 4 is 23.5 Å². The molecule has 1 aliphatic heterocycles. The molecule has 7 nitrogen and oxygen atoms in total. The van der Waals surface area contributed by atoms with Crippen LogP contribution in [-0.4, -0.2) is 47.5 Å². The third-order valence-electron chi connectivity index (χ3n) is 4.51.